The van der Waals surface area contributed by atoms with Gasteiger partial charge in [-0.05, 0) is 23.1 Å². The minimum absolute atomic E-state index is 0.187. The van der Waals surface area contributed by atoms with Gasteiger partial charge in [0.2, 0.25) is 0 Å². The van der Waals surface area contributed by atoms with Gasteiger partial charge < -0.3 is 0 Å². The summed E-state index contributed by atoms with van der Waals surface area (Å²) >= 11 is 1.61. The van der Waals surface area contributed by atoms with Crippen LogP contribution in [0.15, 0.2) is 40.6 Å². The minimum Gasteiger partial charge on any atom is -0.294 e. The van der Waals surface area contributed by atoms with E-state index in [4.69, 9.17) is 0 Å². The number of ketones is 1. The lowest BCUT2D eigenvalue weighted by Crippen LogP contribution is -1.97. The van der Waals surface area contributed by atoms with E-state index in [1.807, 2.05) is 29.7 Å². The van der Waals surface area contributed by atoms with E-state index in [1.54, 1.807) is 17.8 Å². The number of allylic oxidation sites excluding steroid dienone is 1. The van der Waals surface area contributed by atoms with Crippen molar-refractivity contribution in [3.63, 3.8) is 0 Å². The molecule has 0 aromatic heterocycles. The van der Waals surface area contributed by atoms with Crippen LogP contribution in [0, 0.1) is 0 Å². The number of benzene rings is 1. The summed E-state index contributed by atoms with van der Waals surface area (Å²) in [5.74, 6) is 0.187. The van der Waals surface area contributed by atoms with Crippen LogP contribution in [-0.4, -0.2) is 5.78 Å². The lowest BCUT2D eigenvalue weighted by atomic mass is 10.1. The van der Waals surface area contributed by atoms with Crippen LogP contribution in [0.1, 0.15) is 5.56 Å². The fourth-order valence-corrected chi connectivity index (χ4v) is 2.01. The van der Waals surface area contributed by atoms with E-state index in [9.17, 15) is 4.79 Å². The van der Waals surface area contributed by atoms with Crippen LogP contribution in [0.2, 0.25) is 0 Å². The molecular formula is C10H8OS. The lowest BCUT2D eigenvalue weighted by Gasteiger charge is -2.00. The molecule has 1 aromatic carbocycles. The molecule has 60 valence electrons. The summed E-state index contributed by atoms with van der Waals surface area (Å²) in [5, 5.41) is 1.86. The molecule has 0 unspecified atom stereocenters. The van der Waals surface area contributed by atoms with E-state index in [0.717, 1.165) is 5.56 Å². The molecule has 1 aromatic rings. The monoisotopic (exact) mass is 176 g/mol. The van der Waals surface area contributed by atoms with Gasteiger partial charge in [0, 0.05) is 11.3 Å². The Bertz CT molecular complexity index is 341. The van der Waals surface area contributed by atoms with Gasteiger partial charge in [0.15, 0.2) is 5.78 Å². The maximum atomic E-state index is 11.1. The van der Waals surface area contributed by atoms with Gasteiger partial charge in [-0.2, -0.15) is 0 Å². The first-order chi connectivity index (χ1) is 5.86. The molecule has 0 saturated heterocycles. The molecule has 0 aliphatic carbocycles. The highest BCUT2D eigenvalue weighted by molar-refractivity contribution is 8.02. The van der Waals surface area contributed by atoms with E-state index in [-0.39, 0.29) is 5.78 Å². The third kappa shape index (κ3) is 1.43. The number of fused-ring (bicyclic) bond motifs is 1. The van der Waals surface area contributed by atoms with Gasteiger partial charge in [-0.15, -0.1) is 0 Å². The van der Waals surface area contributed by atoms with Crippen LogP contribution in [0.4, 0.5) is 0 Å². The van der Waals surface area contributed by atoms with Gasteiger partial charge in [-0.1, -0.05) is 30.0 Å². The molecule has 12 heavy (non-hydrogen) atoms. The maximum absolute atomic E-state index is 11.1. The van der Waals surface area contributed by atoms with Gasteiger partial charge in [-0.25, -0.2) is 0 Å². The highest BCUT2D eigenvalue weighted by atomic mass is 32.2. The summed E-state index contributed by atoms with van der Waals surface area (Å²) in [6.45, 7) is 0. The first-order valence-electron chi connectivity index (χ1n) is 3.80. The molecule has 0 fully saturated rings. The Morgan fingerprint density at radius 2 is 2.08 bits per heavy atom. The Morgan fingerprint density at radius 3 is 3.00 bits per heavy atom. The molecule has 1 heterocycles. The second-order valence-electron chi connectivity index (χ2n) is 2.67. The fourth-order valence-electron chi connectivity index (χ4n) is 1.19. The summed E-state index contributed by atoms with van der Waals surface area (Å²) < 4.78 is 0. The van der Waals surface area contributed by atoms with Crippen molar-refractivity contribution in [2.24, 2.45) is 0 Å². The predicted octanol–water partition coefficient (Wildman–Crippen LogP) is 2.42. The Labute approximate surface area is 75.5 Å². The van der Waals surface area contributed by atoms with Gasteiger partial charge in [-0.3, -0.25) is 4.79 Å². The van der Waals surface area contributed by atoms with Crippen LogP contribution >= 0.6 is 11.8 Å². The van der Waals surface area contributed by atoms with Crippen LogP contribution < -0.4 is 0 Å². The molecule has 0 saturated carbocycles. The zero-order valence-corrected chi connectivity index (χ0v) is 7.30. The SMILES string of the molecule is O=C1C=CSc2ccccc2C1. The number of rotatable bonds is 0. The quantitative estimate of drug-likeness (QED) is 0.604. The molecule has 0 bridgehead atoms. The Morgan fingerprint density at radius 1 is 1.25 bits per heavy atom. The summed E-state index contributed by atoms with van der Waals surface area (Å²) in [4.78, 5) is 12.3. The number of thioether (sulfide) groups is 1. The third-order valence-electron chi connectivity index (χ3n) is 1.79. The number of carbonyl (C=O) groups excluding carboxylic acids is 1. The first-order valence-corrected chi connectivity index (χ1v) is 4.68. The molecule has 0 radical (unpaired) electrons. The van der Waals surface area contributed by atoms with Crippen molar-refractivity contribution in [2.75, 3.05) is 0 Å². The van der Waals surface area contributed by atoms with Crippen LogP contribution in [0.5, 0.6) is 0 Å². The molecule has 0 N–H and O–H groups in total. The molecule has 0 atom stereocenters. The third-order valence-corrected chi connectivity index (χ3v) is 2.71. The van der Waals surface area contributed by atoms with Crippen molar-refractivity contribution in [3.05, 3.63) is 41.3 Å². The zero-order valence-electron chi connectivity index (χ0n) is 6.49. The number of hydrogen-bond donors (Lipinski definition) is 0. The van der Waals surface area contributed by atoms with E-state index in [2.05, 4.69) is 0 Å². The van der Waals surface area contributed by atoms with Crippen LogP contribution in [0.3, 0.4) is 0 Å². The van der Waals surface area contributed by atoms with E-state index < -0.39 is 0 Å². The molecule has 1 nitrogen and oxygen atoms in total. The Balaban J connectivity index is 2.44. The van der Waals surface area contributed by atoms with Crippen molar-refractivity contribution in [2.45, 2.75) is 11.3 Å². The molecule has 2 heteroatoms. The van der Waals surface area contributed by atoms with E-state index in [0.29, 0.717) is 6.42 Å². The highest BCUT2D eigenvalue weighted by Gasteiger charge is 2.08. The van der Waals surface area contributed by atoms with Crippen molar-refractivity contribution >= 4 is 17.5 Å². The zero-order chi connectivity index (χ0) is 8.39. The van der Waals surface area contributed by atoms with Crippen molar-refractivity contribution in [3.8, 4) is 0 Å². The average Bonchev–Trinajstić information content (AvgIpc) is 2.25. The maximum Gasteiger partial charge on any atom is 0.160 e. The normalized spacial score (nSPS) is 15.5. The van der Waals surface area contributed by atoms with Gasteiger partial charge >= 0.3 is 0 Å². The van der Waals surface area contributed by atoms with E-state index >= 15 is 0 Å². The summed E-state index contributed by atoms with van der Waals surface area (Å²) in [6.07, 6.45) is 2.18. The predicted molar refractivity (Wildman–Crippen MR) is 50.2 cm³/mol. The molecule has 0 spiro atoms. The summed E-state index contributed by atoms with van der Waals surface area (Å²) in [7, 11) is 0. The van der Waals surface area contributed by atoms with Crippen LogP contribution in [0.25, 0.3) is 0 Å². The first kappa shape index (κ1) is 7.62. The minimum atomic E-state index is 0.187. The topological polar surface area (TPSA) is 17.1 Å². The molecule has 2 rings (SSSR count). The van der Waals surface area contributed by atoms with Gasteiger partial charge in [0.05, 0.1) is 0 Å². The average molecular weight is 176 g/mol. The lowest BCUT2D eigenvalue weighted by molar-refractivity contribution is -0.114. The van der Waals surface area contributed by atoms with Gasteiger partial charge in [0.1, 0.15) is 0 Å². The largest absolute Gasteiger partial charge is 0.294 e. The van der Waals surface area contributed by atoms with Crippen molar-refractivity contribution < 1.29 is 4.79 Å². The molecule has 0 amide bonds. The van der Waals surface area contributed by atoms with Gasteiger partial charge in [0.25, 0.3) is 0 Å². The Kier molecular flexibility index (Phi) is 2.00. The molecular weight excluding hydrogens is 168 g/mol. The molecule has 1 aliphatic heterocycles. The molecule has 1 aliphatic rings. The smallest absolute Gasteiger partial charge is 0.160 e. The standard InChI is InChI=1S/C10H8OS/c11-9-5-6-12-10-4-2-1-3-8(10)7-9/h1-6H,7H2. The Hall–Kier alpha value is -1.02. The number of carbonyl (C=O) groups is 1. The van der Waals surface area contributed by atoms with E-state index in [1.165, 1.54) is 4.90 Å². The van der Waals surface area contributed by atoms with Crippen LogP contribution in [-0.2, 0) is 11.2 Å². The fraction of sp³-hybridized carbons (Fsp3) is 0.100. The van der Waals surface area contributed by atoms with Crippen molar-refractivity contribution in [1.29, 1.82) is 0 Å². The highest BCUT2D eigenvalue weighted by Crippen LogP contribution is 2.26. The van der Waals surface area contributed by atoms with Crippen molar-refractivity contribution in [1.82, 2.24) is 0 Å². The summed E-state index contributed by atoms with van der Waals surface area (Å²) in [5.41, 5.74) is 1.14. The second-order valence-corrected chi connectivity index (χ2v) is 3.62. The number of hydrogen-bond acceptors (Lipinski definition) is 2. The second kappa shape index (κ2) is 3.15. The summed E-state index contributed by atoms with van der Waals surface area (Å²) in [6, 6.07) is 8.02.